The first-order valence-electron chi connectivity index (χ1n) is 12.9. The van der Waals surface area contributed by atoms with Crippen LogP contribution in [0.2, 0.25) is 0 Å². The molecular formula is C29H42O5. The smallest absolute Gasteiger partial charge is 0.331 e. The van der Waals surface area contributed by atoms with Crippen LogP contribution in [0.1, 0.15) is 116 Å². The van der Waals surface area contributed by atoms with Crippen LogP contribution >= 0.6 is 0 Å². The number of hydrogen-bond acceptors (Lipinski definition) is 4. The van der Waals surface area contributed by atoms with Crippen LogP contribution in [0.5, 0.6) is 11.5 Å². The molecule has 0 unspecified atom stereocenters. The monoisotopic (exact) mass is 470 g/mol. The molecule has 1 aromatic rings. The SMILES string of the molecule is CCCCCCCCC(C)(C)c1cc(OC(C)=O)c2c(c1)OC(C)(C)[C@@H]1CC=C(C(=O)O)C[C@@H]21. The van der Waals surface area contributed by atoms with Gasteiger partial charge in [0, 0.05) is 29.9 Å². The standard InChI is InChI=1S/C29H42O5/c1-7-8-9-10-11-12-15-28(3,4)21-17-24(33-19(2)30)26-22-16-20(27(31)32)13-14-23(22)29(5,6)34-25(26)18-21/h13,17-18,22-23H,7-12,14-16H2,1-6H3,(H,31,32)/t22-,23-/m1/s1. The first-order chi connectivity index (χ1) is 16.0. The van der Waals surface area contributed by atoms with E-state index in [4.69, 9.17) is 9.47 Å². The van der Waals surface area contributed by atoms with Gasteiger partial charge in [0.05, 0.1) is 0 Å². The van der Waals surface area contributed by atoms with Crippen LogP contribution in [-0.4, -0.2) is 22.6 Å². The molecule has 1 aromatic carbocycles. The first-order valence-corrected chi connectivity index (χ1v) is 12.9. The molecular weight excluding hydrogens is 428 g/mol. The Hall–Kier alpha value is -2.30. The Labute approximate surface area is 204 Å². The number of carbonyl (C=O) groups is 2. The molecule has 1 heterocycles. The summed E-state index contributed by atoms with van der Waals surface area (Å²) in [6, 6.07) is 4.10. The van der Waals surface area contributed by atoms with E-state index in [2.05, 4.69) is 40.7 Å². The van der Waals surface area contributed by atoms with Gasteiger partial charge in [-0.2, -0.15) is 0 Å². The van der Waals surface area contributed by atoms with Gasteiger partial charge < -0.3 is 14.6 Å². The molecule has 1 aliphatic carbocycles. The molecule has 0 fully saturated rings. The summed E-state index contributed by atoms with van der Waals surface area (Å²) in [5.41, 5.74) is 1.80. The highest BCUT2D eigenvalue weighted by atomic mass is 16.5. The largest absolute Gasteiger partial charge is 0.487 e. The van der Waals surface area contributed by atoms with Crippen LogP contribution in [0.15, 0.2) is 23.8 Å². The third-order valence-electron chi connectivity index (χ3n) is 7.75. The molecule has 0 aromatic heterocycles. The summed E-state index contributed by atoms with van der Waals surface area (Å²) in [4.78, 5) is 23.8. The summed E-state index contributed by atoms with van der Waals surface area (Å²) >= 11 is 0. The van der Waals surface area contributed by atoms with Crippen molar-refractivity contribution in [3.8, 4) is 11.5 Å². The van der Waals surface area contributed by atoms with Crippen molar-refractivity contribution in [3.63, 3.8) is 0 Å². The van der Waals surface area contributed by atoms with Crippen molar-refractivity contribution in [3.05, 3.63) is 34.9 Å². The number of benzene rings is 1. The molecule has 188 valence electrons. The van der Waals surface area contributed by atoms with Crippen LogP contribution in [-0.2, 0) is 15.0 Å². The van der Waals surface area contributed by atoms with Crippen molar-refractivity contribution >= 4 is 11.9 Å². The number of carboxylic acids is 1. The highest BCUT2D eigenvalue weighted by Crippen LogP contribution is 2.55. The number of fused-ring (bicyclic) bond motifs is 3. The van der Waals surface area contributed by atoms with E-state index in [1.807, 2.05) is 12.1 Å². The second-order valence-electron chi connectivity index (χ2n) is 11.3. The summed E-state index contributed by atoms with van der Waals surface area (Å²) < 4.78 is 12.3. The highest BCUT2D eigenvalue weighted by Gasteiger charge is 2.47. The lowest BCUT2D eigenvalue weighted by atomic mass is 9.66. The Morgan fingerprint density at radius 2 is 1.82 bits per heavy atom. The third-order valence-corrected chi connectivity index (χ3v) is 7.75. The minimum atomic E-state index is -0.880. The minimum Gasteiger partial charge on any atom is -0.487 e. The van der Waals surface area contributed by atoms with Crippen LogP contribution in [0, 0.1) is 5.92 Å². The zero-order valence-electron chi connectivity index (χ0n) is 21.8. The van der Waals surface area contributed by atoms with Gasteiger partial charge in [-0.3, -0.25) is 4.79 Å². The lowest BCUT2D eigenvalue weighted by Crippen LogP contribution is -2.46. The predicted molar refractivity (Wildman–Crippen MR) is 135 cm³/mol. The predicted octanol–water partition coefficient (Wildman–Crippen LogP) is 7.32. The maximum Gasteiger partial charge on any atom is 0.331 e. The number of esters is 1. The van der Waals surface area contributed by atoms with E-state index in [0.717, 1.165) is 29.7 Å². The fraction of sp³-hybridized carbons (Fsp3) is 0.655. The maximum absolute atomic E-state index is 12.0. The van der Waals surface area contributed by atoms with Crippen molar-refractivity contribution < 1.29 is 24.2 Å². The van der Waals surface area contributed by atoms with Crippen LogP contribution in [0.4, 0.5) is 0 Å². The van der Waals surface area contributed by atoms with Crippen molar-refractivity contribution in [2.45, 2.75) is 116 Å². The normalized spacial score (nSPS) is 21.1. The summed E-state index contributed by atoms with van der Waals surface area (Å²) in [5, 5.41) is 9.64. The average Bonchev–Trinajstić information content (AvgIpc) is 2.74. The number of aliphatic carboxylic acids is 1. The van der Waals surface area contributed by atoms with E-state index >= 15 is 0 Å². The van der Waals surface area contributed by atoms with E-state index in [-0.39, 0.29) is 23.2 Å². The van der Waals surface area contributed by atoms with Gasteiger partial charge in [0.1, 0.15) is 17.1 Å². The Balaban J connectivity index is 1.95. The van der Waals surface area contributed by atoms with Gasteiger partial charge in [0.2, 0.25) is 0 Å². The summed E-state index contributed by atoms with van der Waals surface area (Å²) in [7, 11) is 0. The van der Waals surface area contributed by atoms with Crippen molar-refractivity contribution in [2.24, 2.45) is 5.92 Å². The van der Waals surface area contributed by atoms with Crippen LogP contribution in [0.3, 0.4) is 0 Å². The molecule has 0 amide bonds. The molecule has 0 bridgehead atoms. The number of unbranched alkanes of at least 4 members (excludes halogenated alkanes) is 5. The van der Waals surface area contributed by atoms with Gasteiger partial charge in [0.15, 0.2) is 0 Å². The van der Waals surface area contributed by atoms with Crippen molar-refractivity contribution in [1.82, 2.24) is 0 Å². The molecule has 0 spiro atoms. The Kier molecular flexibility index (Phi) is 8.15. The third kappa shape index (κ3) is 5.84. The molecule has 2 atom stereocenters. The number of ether oxygens (including phenoxy) is 2. The molecule has 0 saturated heterocycles. The zero-order chi connectivity index (χ0) is 25.1. The Morgan fingerprint density at radius 3 is 2.47 bits per heavy atom. The molecule has 0 radical (unpaired) electrons. The van der Waals surface area contributed by atoms with Gasteiger partial charge in [-0.15, -0.1) is 0 Å². The number of carbonyl (C=O) groups excluding carboxylic acids is 1. The molecule has 2 aliphatic rings. The zero-order valence-corrected chi connectivity index (χ0v) is 21.8. The lowest BCUT2D eigenvalue weighted by Gasteiger charge is -2.47. The molecule has 3 rings (SSSR count). The minimum absolute atomic E-state index is 0.0695. The van der Waals surface area contributed by atoms with E-state index in [9.17, 15) is 14.7 Å². The summed E-state index contributed by atoms with van der Waals surface area (Å²) in [6.07, 6.45) is 11.4. The fourth-order valence-electron chi connectivity index (χ4n) is 5.67. The highest BCUT2D eigenvalue weighted by molar-refractivity contribution is 5.87. The average molecular weight is 471 g/mol. The molecule has 0 saturated carbocycles. The van der Waals surface area contributed by atoms with E-state index in [1.54, 1.807) is 0 Å². The van der Waals surface area contributed by atoms with Crippen LogP contribution < -0.4 is 9.47 Å². The topological polar surface area (TPSA) is 72.8 Å². The maximum atomic E-state index is 12.0. The molecule has 34 heavy (non-hydrogen) atoms. The second-order valence-corrected chi connectivity index (χ2v) is 11.3. The van der Waals surface area contributed by atoms with Gasteiger partial charge in [-0.05, 0) is 56.2 Å². The number of carboxylic acid groups (broad SMARTS) is 1. The fourth-order valence-corrected chi connectivity index (χ4v) is 5.67. The van der Waals surface area contributed by atoms with Gasteiger partial charge in [-0.1, -0.05) is 65.4 Å². The van der Waals surface area contributed by atoms with Gasteiger partial charge in [0.25, 0.3) is 0 Å². The molecule has 1 N–H and O–H groups in total. The Bertz CT molecular complexity index is 940. The molecule has 1 aliphatic heterocycles. The summed E-state index contributed by atoms with van der Waals surface area (Å²) in [5.74, 6) is 0.0319. The van der Waals surface area contributed by atoms with Crippen molar-refractivity contribution in [1.29, 1.82) is 0 Å². The lowest BCUT2D eigenvalue weighted by molar-refractivity contribution is -0.134. The van der Waals surface area contributed by atoms with Crippen molar-refractivity contribution in [2.75, 3.05) is 0 Å². The second kappa shape index (κ2) is 10.5. The molecule has 5 heteroatoms. The van der Waals surface area contributed by atoms with E-state index < -0.39 is 11.6 Å². The van der Waals surface area contributed by atoms with Gasteiger partial charge >= 0.3 is 11.9 Å². The van der Waals surface area contributed by atoms with Crippen LogP contribution in [0.25, 0.3) is 0 Å². The molecule has 5 nitrogen and oxygen atoms in total. The van der Waals surface area contributed by atoms with E-state index in [1.165, 1.54) is 39.0 Å². The Morgan fingerprint density at radius 1 is 1.15 bits per heavy atom. The number of hydrogen-bond donors (Lipinski definition) is 1. The first kappa shape index (κ1) is 26.3. The van der Waals surface area contributed by atoms with E-state index in [0.29, 0.717) is 24.2 Å². The number of allylic oxidation sites excluding steroid dienone is 1. The summed E-state index contributed by atoms with van der Waals surface area (Å²) in [6.45, 7) is 12.3. The quantitative estimate of drug-likeness (QED) is 0.220. The van der Waals surface area contributed by atoms with Gasteiger partial charge in [-0.25, -0.2) is 4.79 Å². The number of rotatable bonds is 10.